The molecule has 1 aliphatic carbocycles. The Morgan fingerprint density at radius 1 is 1.14 bits per heavy atom. The minimum absolute atomic E-state index is 0.0698. The maximum Gasteiger partial charge on any atom is 0.245 e. The summed E-state index contributed by atoms with van der Waals surface area (Å²) in [7, 11) is -3.23. The van der Waals surface area contributed by atoms with Gasteiger partial charge in [0.1, 0.15) is 5.52 Å². The molecular formula is C20H25N5O3S. The van der Waals surface area contributed by atoms with E-state index in [1.54, 1.807) is 37.5 Å². The number of aromatic nitrogens is 4. The Bertz CT molecular complexity index is 1070. The normalized spacial score (nSPS) is 15.5. The summed E-state index contributed by atoms with van der Waals surface area (Å²) >= 11 is 0. The molecule has 29 heavy (non-hydrogen) atoms. The molecule has 3 aromatic rings. The van der Waals surface area contributed by atoms with E-state index in [1.165, 1.54) is 32.1 Å². The fourth-order valence-electron chi connectivity index (χ4n) is 3.56. The van der Waals surface area contributed by atoms with Gasteiger partial charge in [0.25, 0.3) is 0 Å². The second kappa shape index (κ2) is 8.36. The standard InChI is InChI=1S/C20H25N5O3S/c1-2-29(26,27)16-10-8-15(9-11-16)23-20-24-18-17(21-13-22-18)19(25-20)28-12-14-6-4-3-5-7-14/h8-11,13-14H,2-7,12H2,1H3,(H2,21,22,23,24,25). The molecule has 0 radical (unpaired) electrons. The van der Waals surface area contributed by atoms with E-state index in [0.29, 0.717) is 46.1 Å². The Morgan fingerprint density at radius 3 is 2.62 bits per heavy atom. The lowest BCUT2D eigenvalue weighted by atomic mass is 9.90. The Labute approximate surface area is 170 Å². The monoisotopic (exact) mass is 415 g/mol. The van der Waals surface area contributed by atoms with Gasteiger partial charge < -0.3 is 15.0 Å². The zero-order valence-electron chi connectivity index (χ0n) is 16.4. The number of benzene rings is 1. The molecule has 0 aliphatic heterocycles. The predicted molar refractivity (Wildman–Crippen MR) is 111 cm³/mol. The largest absolute Gasteiger partial charge is 0.476 e. The molecule has 8 nitrogen and oxygen atoms in total. The molecule has 2 N–H and O–H groups in total. The molecule has 0 amide bonds. The molecule has 4 rings (SSSR count). The highest BCUT2D eigenvalue weighted by Gasteiger charge is 2.17. The summed E-state index contributed by atoms with van der Waals surface area (Å²) in [6, 6.07) is 6.55. The number of hydrogen-bond acceptors (Lipinski definition) is 7. The van der Waals surface area contributed by atoms with E-state index in [9.17, 15) is 8.42 Å². The quantitative estimate of drug-likeness (QED) is 0.603. The zero-order valence-corrected chi connectivity index (χ0v) is 17.2. The van der Waals surface area contributed by atoms with Crippen molar-refractivity contribution in [2.75, 3.05) is 17.7 Å². The van der Waals surface area contributed by atoms with Gasteiger partial charge in [-0.1, -0.05) is 26.2 Å². The zero-order chi connectivity index (χ0) is 20.3. The van der Waals surface area contributed by atoms with Gasteiger partial charge in [-0.05, 0) is 43.0 Å². The molecule has 0 bridgehead atoms. The highest BCUT2D eigenvalue weighted by molar-refractivity contribution is 7.91. The second-order valence-electron chi connectivity index (χ2n) is 7.32. The minimum atomic E-state index is -3.23. The minimum Gasteiger partial charge on any atom is -0.476 e. The molecule has 0 saturated heterocycles. The van der Waals surface area contributed by atoms with Crippen LogP contribution in [0.15, 0.2) is 35.5 Å². The van der Waals surface area contributed by atoms with Crippen molar-refractivity contribution in [3.63, 3.8) is 0 Å². The van der Waals surface area contributed by atoms with E-state index in [4.69, 9.17) is 4.74 Å². The molecular weight excluding hydrogens is 390 g/mol. The average Bonchev–Trinajstić information content (AvgIpc) is 3.22. The smallest absolute Gasteiger partial charge is 0.245 e. The number of rotatable bonds is 7. The summed E-state index contributed by atoms with van der Waals surface area (Å²) < 4.78 is 30.0. The maximum absolute atomic E-state index is 12.0. The number of nitrogens with one attached hydrogen (secondary N) is 2. The first-order chi connectivity index (χ1) is 14.0. The number of fused-ring (bicyclic) bond motifs is 1. The number of hydrogen-bond donors (Lipinski definition) is 2. The van der Waals surface area contributed by atoms with E-state index in [1.807, 2.05) is 0 Å². The van der Waals surface area contributed by atoms with Gasteiger partial charge in [0.05, 0.1) is 23.6 Å². The van der Waals surface area contributed by atoms with Gasteiger partial charge in [-0.15, -0.1) is 0 Å². The third kappa shape index (κ3) is 4.50. The van der Waals surface area contributed by atoms with Crippen molar-refractivity contribution >= 4 is 32.6 Å². The molecule has 1 fully saturated rings. The van der Waals surface area contributed by atoms with Gasteiger partial charge in [-0.25, -0.2) is 13.4 Å². The summed E-state index contributed by atoms with van der Waals surface area (Å²) in [5.74, 6) is 1.46. The van der Waals surface area contributed by atoms with Gasteiger partial charge in [0.2, 0.25) is 11.8 Å². The number of H-pyrrole nitrogens is 1. The first kappa shape index (κ1) is 19.6. The lowest BCUT2D eigenvalue weighted by Crippen LogP contribution is -2.16. The second-order valence-corrected chi connectivity index (χ2v) is 9.60. The van der Waals surface area contributed by atoms with E-state index >= 15 is 0 Å². The van der Waals surface area contributed by atoms with Crippen molar-refractivity contribution in [1.29, 1.82) is 0 Å². The molecule has 1 aliphatic rings. The van der Waals surface area contributed by atoms with Crippen LogP contribution < -0.4 is 10.1 Å². The first-order valence-corrected chi connectivity index (χ1v) is 11.6. The van der Waals surface area contributed by atoms with Gasteiger partial charge >= 0.3 is 0 Å². The highest BCUT2D eigenvalue weighted by Crippen LogP contribution is 2.27. The van der Waals surface area contributed by atoms with Crippen LogP contribution >= 0.6 is 0 Å². The van der Waals surface area contributed by atoms with E-state index in [-0.39, 0.29) is 5.75 Å². The molecule has 1 aromatic carbocycles. The SMILES string of the molecule is CCS(=O)(=O)c1ccc(Nc2nc(OCC3CCCCC3)c3[nH]cnc3n2)cc1. The molecule has 9 heteroatoms. The van der Waals surface area contributed by atoms with Crippen molar-refractivity contribution in [2.24, 2.45) is 5.92 Å². The van der Waals surface area contributed by atoms with Gasteiger partial charge in [-0.3, -0.25) is 0 Å². The third-order valence-electron chi connectivity index (χ3n) is 5.28. The van der Waals surface area contributed by atoms with Gasteiger partial charge in [0, 0.05) is 5.69 Å². The van der Waals surface area contributed by atoms with Crippen LogP contribution in [-0.2, 0) is 9.84 Å². The summed E-state index contributed by atoms with van der Waals surface area (Å²) in [5.41, 5.74) is 1.88. The summed E-state index contributed by atoms with van der Waals surface area (Å²) in [6.45, 7) is 2.26. The molecule has 0 unspecified atom stereocenters. The first-order valence-electron chi connectivity index (χ1n) is 9.99. The molecule has 0 spiro atoms. The number of ether oxygens (including phenoxy) is 1. The lowest BCUT2D eigenvalue weighted by Gasteiger charge is -2.21. The third-order valence-corrected chi connectivity index (χ3v) is 7.03. The Morgan fingerprint density at radius 2 is 1.90 bits per heavy atom. The highest BCUT2D eigenvalue weighted by atomic mass is 32.2. The van der Waals surface area contributed by atoms with Gasteiger partial charge in [0.15, 0.2) is 15.5 Å². The lowest BCUT2D eigenvalue weighted by molar-refractivity contribution is 0.205. The van der Waals surface area contributed by atoms with Crippen molar-refractivity contribution in [2.45, 2.75) is 43.9 Å². The fraction of sp³-hybridized carbons (Fsp3) is 0.450. The molecule has 2 heterocycles. The molecule has 154 valence electrons. The van der Waals surface area contributed by atoms with Crippen molar-refractivity contribution in [3.05, 3.63) is 30.6 Å². The van der Waals surface area contributed by atoms with Crippen molar-refractivity contribution in [3.8, 4) is 5.88 Å². The van der Waals surface area contributed by atoms with E-state index in [0.717, 1.165) is 0 Å². The van der Waals surface area contributed by atoms with Gasteiger partial charge in [-0.2, -0.15) is 9.97 Å². The molecule has 0 atom stereocenters. The molecule has 1 saturated carbocycles. The van der Waals surface area contributed by atoms with Crippen LogP contribution in [0.2, 0.25) is 0 Å². The number of imidazole rings is 1. The topological polar surface area (TPSA) is 110 Å². The van der Waals surface area contributed by atoms with Crippen LogP contribution in [0.25, 0.3) is 11.2 Å². The van der Waals surface area contributed by atoms with Crippen LogP contribution in [0, 0.1) is 5.92 Å². The maximum atomic E-state index is 12.0. The Hall–Kier alpha value is -2.68. The number of sulfone groups is 1. The summed E-state index contributed by atoms with van der Waals surface area (Å²) in [5, 5.41) is 3.11. The average molecular weight is 416 g/mol. The van der Waals surface area contributed by atoms with Crippen LogP contribution in [-0.4, -0.2) is 40.7 Å². The van der Waals surface area contributed by atoms with Crippen LogP contribution in [0.3, 0.4) is 0 Å². The molecule has 2 aromatic heterocycles. The summed E-state index contributed by atoms with van der Waals surface area (Å²) in [6.07, 6.45) is 7.77. The van der Waals surface area contributed by atoms with Crippen molar-refractivity contribution in [1.82, 2.24) is 19.9 Å². The van der Waals surface area contributed by atoms with E-state index < -0.39 is 9.84 Å². The summed E-state index contributed by atoms with van der Waals surface area (Å²) in [4.78, 5) is 16.5. The fourth-order valence-corrected chi connectivity index (χ4v) is 4.44. The van der Waals surface area contributed by atoms with Crippen LogP contribution in [0.5, 0.6) is 5.88 Å². The van der Waals surface area contributed by atoms with Crippen molar-refractivity contribution < 1.29 is 13.2 Å². The van der Waals surface area contributed by atoms with E-state index in [2.05, 4.69) is 25.3 Å². The number of nitrogens with zero attached hydrogens (tertiary/aromatic N) is 3. The van der Waals surface area contributed by atoms with Crippen LogP contribution in [0.1, 0.15) is 39.0 Å². The predicted octanol–water partition coefficient (Wildman–Crippen LogP) is 3.85. The Kier molecular flexibility index (Phi) is 5.66. The Balaban J connectivity index is 1.53. The number of aromatic amines is 1. The number of anilines is 2. The van der Waals surface area contributed by atoms with Crippen LogP contribution in [0.4, 0.5) is 11.6 Å².